The van der Waals surface area contributed by atoms with Crippen LogP contribution in [-0.2, 0) is 0 Å². The van der Waals surface area contributed by atoms with E-state index in [4.69, 9.17) is 0 Å². The van der Waals surface area contributed by atoms with E-state index < -0.39 is 0 Å². The van der Waals surface area contributed by atoms with Gasteiger partial charge in [-0.15, -0.1) is 0 Å². The summed E-state index contributed by atoms with van der Waals surface area (Å²) in [5, 5.41) is 3.22. The average Bonchev–Trinajstić information content (AvgIpc) is 2.60. The molecule has 0 fully saturated rings. The van der Waals surface area contributed by atoms with E-state index in [1.165, 1.54) is 5.56 Å². The molecule has 0 radical (unpaired) electrons. The molecule has 0 bridgehead atoms. The van der Waals surface area contributed by atoms with Gasteiger partial charge in [0.05, 0.1) is 0 Å². The number of hydrogen-bond donors (Lipinski definition) is 1. The Hall–Kier alpha value is -2.09. The first-order chi connectivity index (χ1) is 10.6. The number of amides is 1. The van der Waals surface area contributed by atoms with Crippen molar-refractivity contribution in [2.24, 2.45) is 0 Å². The summed E-state index contributed by atoms with van der Waals surface area (Å²) < 4.78 is 0. The molecule has 22 heavy (non-hydrogen) atoms. The Bertz CT molecular complexity index is 589. The van der Waals surface area contributed by atoms with Gasteiger partial charge in [-0.1, -0.05) is 63.2 Å². The second-order valence-corrected chi connectivity index (χ2v) is 5.74. The molecule has 0 aliphatic carbocycles. The van der Waals surface area contributed by atoms with Crippen LogP contribution in [0.1, 0.15) is 50.4 Å². The van der Waals surface area contributed by atoms with Crippen molar-refractivity contribution in [2.45, 2.75) is 45.6 Å². The lowest BCUT2D eigenvalue weighted by atomic mass is 9.89. The molecule has 2 heteroatoms. The number of benzene rings is 2. The Labute approximate surface area is 133 Å². The minimum absolute atomic E-state index is 0.0187. The van der Waals surface area contributed by atoms with Crippen molar-refractivity contribution >= 4 is 5.91 Å². The Morgan fingerprint density at radius 3 is 1.82 bits per heavy atom. The molecule has 2 aromatic carbocycles. The van der Waals surface area contributed by atoms with Gasteiger partial charge in [-0.3, -0.25) is 4.79 Å². The predicted molar refractivity (Wildman–Crippen MR) is 92.9 cm³/mol. The normalized spacial score (nSPS) is 11.2. The maximum absolute atomic E-state index is 12.5. The predicted octanol–water partition coefficient (Wildman–Crippen LogP) is 5.05. The number of nitrogens with one attached hydrogen (secondary N) is 1. The van der Waals surface area contributed by atoms with Crippen LogP contribution in [0.5, 0.6) is 0 Å². The molecule has 0 aliphatic heterocycles. The largest absolute Gasteiger partial charge is 0.347 e. The Kier molecular flexibility index (Phi) is 5.37. The first-order valence-corrected chi connectivity index (χ1v) is 8.12. The van der Waals surface area contributed by atoms with Crippen molar-refractivity contribution in [3.8, 4) is 11.1 Å². The molecule has 0 saturated heterocycles. The molecule has 1 N–H and O–H groups in total. The maximum Gasteiger partial charge on any atom is 0.251 e. The molecule has 0 atom stereocenters. The van der Waals surface area contributed by atoms with Gasteiger partial charge in [0.2, 0.25) is 0 Å². The van der Waals surface area contributed by atoms with Crippen LogP contribution in [0.2, 0.25) is 0 Å². The number of hydrogen-bond acceptors (Lipinski definition) is 1. The van der Waals surface area contributed by atoms with Crippen LogP contribution >= 0.6 is 0 Å². The van der Waals surface area contributed by atoms with Crippen LogP contribution in [0.25, 0.3) is 11.1 Å². The zero-order valence-corrected chi connectivity index (χ0v) is 13.7. The zero-order chi connectivity index (χ0) is 16.0. The summed E-state index contributed by atoms with van der Waals surface area (Å²) in [4.78, 5) is 12.5. The van der Waals surface area contributed by atoms with Gasteiger partial charge >= 0.3 is 0 Å². The third-order valence-electron chi connectivity index (χ3n) is 4.66. The van der Waals surface area contributed by atoms with Gasteiger partial charge in [0, 0.05) is 11.1 Å². The molecule has 0 aromatic heterocycles. The molecule has 0 saturated carbocycles. The summed E-state index contributed by atoms with van der Waals surface area (Å²) >= 11 is 0. The molecule has 2 aromatic rings. The molecule has 0 heterocycles. The van der Waals surface area contributed by atoms with Gasteiger partial charge in [-0.05, 0) is 42.5 Å². The Morgan fingerprint density at radius 1 is 0.818 bits per heavy atom. The topological polar surface area (TPSA) is 29.1 Å². The lowest BCUT2D eigenvalue weighted by Gasteiger charge is -2.31. The average molecular weight is 295 g/mol. The molecular weight excluding hydrogens is 270 g/mol. The zero-order valence-electron chi connectivity index (χ0n) is 13.7. The van der Waals surface area contributed by atoms with Crippen molar-refractivity contribution in [3.05, 3.63) is 60.2 Å². The van der Waals surface area contributed by atoms with Crippen molar-refractivity contribution < 1.29 is 4.79 Å². The molecule has 2 nitrogen and oxygen atoms in total. The van der Waals surface area contributed by atoms with Gasteiger partial charge in [0.15, 0.2) is 0 Å². The van der Waals surface area contributed by atoms with E-state index in [9.17, 15) is 4.79 Å². The van der Waals surface area contributed by atoms with E-state index in [2.05, 4.69) is 38.2 Å². The van der Waals surface area contributed by atoms with E-state index in [-0.39, 0.29) is 11.4 Å². The third-order valence-corrected chi connectivity index (χ3v) is 4.66. The minimum Gasteiger partial charge on any atom is -0.347 e. The SMILES string of the molecule is CCC(CC)(CC)NC(=O)c1ccc(-c2ccccc2)cc1. The van der Waals surface area contributed by atoms with E-state index >= 15 is 0 Å². The van der Waals surface area contributed by atoms with Crippen molar-refractivity contribution in [2.75, 3.05) is 0 Å². The molecule has 2 rings (SSSR count). The van der Waals surface area contributed by atoms with Crippen LogP contribution in [0, 0.1) is 0 Å². The Balaban J connectivity index is 2.15. The summed E-state index contributed by atoms with van der Waals surface area (Å²) in [7, 11) is 0. The van der Waals surface area contributed by atoms with Gasteiger partial charge < -0.3 is 5.32 Å². The first-order valence-electron chi connectivity index (χ1n) is 8.12. The molecule has 0 spiro atoms. The maximum atomic E-state index is 12.5. The molecule has 0 aliphatic rings. The van der Waals surface area contributed by atoms with E-state index in [1.54, 1.807) is 0 Å². The lowest BCUT2D eigenvalue weighted by Crippen LogP contribution is -2.47. The summed E-state index contributed by atoms with van der Waals surface area (Å²) in [6.07, 6.45) is 2.86. The lowest BCUT2D eigenvalue weighted by molar-refractivity contribution is 0.0888. The second-order valence-electron chi connectivity index (χ2n) is 5.74. The number of rotatable bonds is 6. The van der Waals surface area contributed by atoms with Crippen molar-refractivity contribution in [1.29, 1.82) is 0 Å². The standard InChI is InChI=1S/C20H25NO/c1-4-20(5-2,6-3)21-19(22)18-14-12-17(13-15-18)16-10-8-7-9-11-16/h7-15H,4-6H2,1-3H3,(H,21,22). The van der Waals surface area contributed by atoms with Gasteiger partial charge in [0.25, 0.3) is 5.91 Å². The molecule has 116 valence electrons. The van der Waals surface area contributed by atoms with Gasteiger partial charge in [0.1, 0.15) is 0 Å². The van der Waals surface area contributed by atoms with Gasteiger partial charge in [-0.25, -0.2) is 0 Å². The summed E-state index contributed by atoms with van der Waals surface area (Å²) in [6, 6.07) is 18.0. The fraction of sp³-hybridized carbons (Fsp3) is 0.350. The molecular formula is C20H25NO. The quantitative estimate of drug-likeness (QED) is 0.793. The summed E-state index contributed by atoms with van der Waals surface area (Å²) in [5.41, 5.74) is 2.93. The highest BCUT2D eigenvalue weighted by Crippen LogP contribution is 2.22. The number of carbonyl (C=O) groups excluding carboxylic acids is 1. The van der Waals surface area contributed by atoms with E-state index in [1.807, 2.05) is 42.5 Å². The monoisotopic (exact) mass is 295 g/mol. The van der Waals surface area contributed by atoms with E-state index in [0.717, 1.165) is 30.4 Å². The minimum atomic E-state index is -0.0881. The first kappa shape index (κ1) is 16.3. The summed E-state index contributed by atoms with van der Waals surface area (Å²) in [5.74, 6) is 0.0187. The summed E-state index contributed by atoms with van der Waals surface area (Å²) in [6.45, 7) is 6.39. The molecule has 0 unspecified atom stereocenters. The van der Waals surface area contributed by atoms with Crippen molar-refractivity contribution in [3.63, 3.8) is 0 Å². The highest BCUT2D eigenvalue weighted by Gasteiger charge is 2.26. The van der Waals surface area contributed by atoms with Crippen LogP contribution in [0.3, 0.4) is 0 Å². The van der Waals surface area contributed by atoms with Crippen LogP contribution < -0.4 is 5.32 Å². The Morgan fingerprint density at radius 2 is 1.32 bits per heavy atom. The smallest absolute Gasteiger partial charge is 0.251 e. The third kappa shape index (κ3) is 3.56. The van der Waals surface area contributed by atoms with E-state index in [0.29, 0.717) is 0 Å². The fourth-order valence-electron chi connectivity index (χ4n) is 2.77. The van der Waals surface area contributed by atoms with Crippen molar-refractivity contribution in [1.82, 2.24) is 5.32 Å². The van der Waals surface area contributed by atoms with Gasteiger partial charge in [-0.2, -0.15) is 0 Å². The number of carbonyl (C=O) groups is 1. The molecule has 1 amide bonds. The fourth-order valence-corrected chi connectivity index (χ4v) is 2.77. The highest BCUT2D eigenvalue weighted by molar-refractivity contribution is 5.95. The van der Waals surface area contributed by atoms with Crippen LogP contribution in [0.4, 0.5) is 0 Å². The second kappa shape index (κ2) is 7.26. The highest BCUT2D eigenvalue weighted by atomic mass is 16.1. The van der Waals surface area contributed by atoms with Crippen LogP contribution in [0.15, 0.2) is 54.6 Å². The van der Waals surface area contributed by atoms with Crippen LogP contribution in [-0.4, -0.2) is 11.4 Å².